The molecule has 0 fully saturated rings. The third-order valence-corrected chi connectivity index (χ3v) is 3.41. The summed E-state index contributed by atoms with van der Waals surface area (Å²) in [6.07, 6.45) is 2.81. The maximum absolute atomic E-state index is 12.4. The van der Waals surface area contributed by atoms with Crippen molar-refractivity contribution in [1.29, 1.82) is 0 Å². The number of nitrogens with one attached hydrogen (secondary N) is 1. The smallest absolute Gasteiger partial charge is 0.343 e. The SMILES string of the molecule is CCOC(=O)c1c[nH]c2c(cnc3cc(Cl)ccc32)c1=O. The first-order valence-electron chi connectivity index (χ1n) is 6.38. The number of hydrogen-bond donors (Lipinski definition) is 1. The topological polar surface area (TPSA) is 72.1 Å². The normalized spacial score (nSPS) is 11.0. The van der Waals surface area contributed by atoms with Crippen LogP contribution in [0.5, 0.6) is 0 Å². The van der Waals surface area contributed by atoms with Crippen LogP contribution >= 0.6 is 11.6 Å². The molecular weight excluding hydrogens is 292 g/mol. The summed E-state index contributed by atoms with van der Waals surface area (Å²) in [5, 5.41) is 1.68. The number of aromatic amines is 1. The highest BCUT2D eigenvalue weighted by Crippen LogP contribution is 2.23. The summed E-state index contributed by atoms with van der Waals surface area (Å²) >= 11 is 5.93. The molecule has 3 rings (SSSR count). The van der Waals surface area contributed by atoms with Gasteiger partial charge in [-0.1, -0.05) is 11.6 Å². The van der Waals surface area contributed by atoms with Gasteiger partial charge in [-0.15, -0.1) is 0 Å². The number of H-pyrrole nitrogens is 1. The van der Waals surface area contributed by atoms with Gasteiger partial charge < -0.3 is 9.72 Å². The Morgan fingerprint density at radius 2 is 2.19 bits per heavy atom. The molecule has 5 nitrogen and oxygen atoms in total. The molecule has 0 spiro atoms. The van der Waals surface area contributed by atoms with E-state index in [2.05, 4.69) is 9.97 Å². The van der Waals surface area contributed by atoms with Crippen molar-refractivity contribution in [3.63, 3.8) is 0 Å². The van der Waals surface area contributed by atoms with Crippen LogP contribution in [0.15, 0.2) is 35.4 Å². The van der Waals surface area contributed by atoms with E-state index < -0.39 is 11.4 Å². The molecule has 0 atom stereocenters. The molecule has 3 aromatic rings. The Hall–Kier alpha value is -2.40. The first-order valence-corrected chi connectivity index (χ1v) is 6.76. The molecule has 0 bridgehead atoms. The lowest BCUT2D eigenvalue weighted by atomic mass is 10.1. The fourth-order valence-electron chi connectivity index (χ4n) is 2.21. The van der Waals surface area contributed by atoms with Crippen molar-refractivity contribution in [3.8, 4) is 0 Å². The molecule has 0 amide bonds. The van der Waals surface area contributed by atoms with Crippen LogP contribution in [-0.2, 0) is 4.74 Å². The van der Waals surface area contributed by atoms with Crippen LogP contribution in [0.2, 0.25) is 5.02 Å². The number of nitrogens with zero attached hydrogens (tertiary/aromatic N) is 1. The standard InChI is InChI=1S/C15H11ClN2O3/c1-2-21-15(20)11-7-18-13-9-4-3-8(16)5-12(9)17-6-10(13)14(11)19/h3-7H,2H2,1H3,(H,18,19). The van der Waals surface area contributed by atoms with E-state index in [1.165, 1.54) is 12.4 Å². The number of halogens is 1. The van der Waals surface area contributed by atoms with Gasteiger partial charge in [0.1, 0.15) is 5.56 Å². The molecule has 0 aliphatic carbocycles. The molecule has 0 aliphatic rings. The summed E-state index contributed by atoms with van der Waals surface area (Å²) in [4.78, 5) is 31.3. The number of fused-ring (bicyclic) bond motifs is 3. The number of ether oxygens (including phenoxy) is 1. The van der Waals surface area contributed by atoms with Gasteiger partial charge in [-0.3, -0.25) is 9.78 Å². The van der Waals surface area contributed by atoms with Crippen LogP contribution in [0.4, 0.5) is 0 Å². The fraction of sp³-hybridized carbons (Fsp3) is 0.133. The molecule has 0 saturated heterocycles. The lowest BCUT2D eigenvalue weighted by molar-refractivity contribution is 0.0524. The Labute approximate surface area is 124 Å². The number of benzene rings is 1. The van der Waals surface area contributed by atoms with Crippen molar-refractivity contribution in [3.05, 3.63) is 51.4 Å². The van der Waals surface area contributed by atoms with E-state index in [9.17, 15) is 9.59 Å². The molecule has 1 aromatic carbocycles. The highest BCUT2D eigenvalue weighted by atomic mass is 35.5. The Bertz CT molecular complexity index is 918. The number of esters is 1. The zero-order valence-electron chi connectivity index (χ0n) is 11.1. The quantitative estimate of drug-likeness (QED) is 0.583. The van der Waals surface area contributed by atoms with Crippen LogP contribution in [0.25, 0.3) is 21.8 Å². The summed E-state index contributed by atoms with van der Waals surface area (Å²) < 4.78 is 4.86. The van der Waals surface area contributed by atoms with Gasteiger partial charge in [0.05, 0.1) is 23.0 Å². The predicted octanol–water partition coefficient (Wildman–Crippen LogP) is 2.91. The first kappa shape index (κ1) is 13.6. The van der Waals surface area contributed by atoms with Gasteiger partial charge in [-0.05, 0) is 25.1 Å². The van der Waals surface area contributed by atoms with Crippen molar-refractivity contribution in [2.24, 2.45) is 0 Å². The lowest BCUT2D eigenvalue weighted by Gasteiger charge is -2.06. The van der Waals surface area contributed by atoms with E-state index in [4.69, 9.17) is 16.3 Å². The molecule has 2 aromatic heterocycles. The van der Waals surface area contributed by atoms with E-state index >= 15 is 0 Å². The van der Waals surface area contributed by atoms with Crippen LogP contribution in [0.1, 0.15) is 17.3 Å². The third kappa shape index (κ3) is 2.25. The van der Waals surface area contributed by atoms with Crippen molar-refractivity contribution < 1.29 is 9.53 Å². The molecule has 0 unspecified atom stereocenters. The number of carbonyl (C=O) groups is 1. The summed E-state index contributed by atoms with van der Waals surface area (Å²) in [7, 11) is 0. The van der Waals surface area contributed by atoms with Crippen molar-refractivity contribution in [2.45, 2.75) is 6.92 Å². The van der Waals surface area contributed by atoms with E-state index in [1.54, 1.807) is 25.1 Å². The van der Waals surface area contributed by atoms with Crippen molar-refractivity contribution in [1.82, 2.24) is 9.97 Å². The van der Waals surface area contributed by atoms with E-state index in [0.29, 0.717) is 21.4 Å². The monoisotopic (exact) mass is 302 g/mol. The second kappa shape index (κ2) is 5.18. The van der Waals surface area contributed by atoms with E-state index in [0.717, 1.165) is 5.39 Å². The summed E-state index contributed by atoms with van der Waals surface area (Å²) in [5.41, 5.74) is 0.871. The summed E-state index contributed by atoms with van der Waals surface area (Å²) in [6.45, 7) is 1.90. The highest BCUT2D eigenvalue weighted by Gasteiger charge is 2.15. The summed E-state index contributed by atoms with van der Waals surface area (Å²) in [6, 6.07) is 5.23. The Balaban J connectivity index is 2.31. The van der Waals surface area contributed by atoms with Gasteiger partial charge in [0.2, 0.25) is 5.43 Å². The van der Waals surface area contributed by atoms with Gasteiger partial charge in [0.25, 0.3) is 0 Å². The zero-order chi connectivity index (χ0) is 15.0. The second-order valence-electron chi connectivity index (χ2n) is 4.46. The number of pyridine rings is 2. The minimum absolute atomic E-state index is 0.0283. The van der Waals surface area contributed by atoms with Crippen LogP contribution in [0.3, 0.4) is 0 Å². The van der Waals surface area contributed by atoms with Crippen LogP contribution < -0.4 is 5.43 Å². The van der Waals surface area contributed by atoms with Gasteiger partial charge >= 0.3 is 5.97 Å². The van der Waals surface area contributed by atoms with Crippen molar-refractivity contribution >= 4 is 39.4 Å². The molecule has 106 valence electrons. The molecular formula is C15H11ClN2O3. The number of hydrogen-bond acceptors (Lipinski definition) is 4. The maximum atomic E-state index is 12.4. The van der Waals surface area contributed by atoms with Crippen LogP contribution in [0, 0.1) is 0 Å². The second-order valence-corrected chi connectivity index (χ2v) is 4.90. The van der Waals surface area contributed by atoms with Crippen LogP contribution in [-0.4, -0.2) is 22.5 Å². The Morgan fingerprint density at radius 1 is 1.38 bits per heavy atom. The molecule has 2 heterocycles. The highest BCUT2D eigenvalue weighted by molar-refractivity contribution is 6.31. The van der Waals surface area contributed by atoms with E-state index in [1.807, 2.05) is 0 Å². The minimum atomic E-state index is -0.642. The number of carbonyl (C=O) groups excluding carboxylic acids is 1. The molecule has 1 N–H and O–H groups in total. The number of rotatable bonds is 2. The molecule has 6 heteroatoms. The maximum Gasteiger partial charge on any atom is 0.343 e. The lowest BCUT2D eigenvalue weighted by Crippen LogP contribution is -2.18. The molecule has 0 saturated carbocycles. The zero-order valence-corrected chi connectivity index (χ0v) is 11.9. The molecule has 21 heavy (non-hydrogen) atoms. The number of aromatic nitrogens is 2. The van der Waals surface area contributed by atoms with Gasteiger partial charge in [0, 0.05) is 22.8 Å². The summed E-state index contributed by atoms with van der Waals surface area (Å²) in [5.74, 6) is -0.642. The first-order chi connectivity index (χ1) is 10.1. The fourth-order valence-corrected chi connectivity index (χ4v) is 2.38. The van der Waals surface area contributed by atoms with Crippen molar-refractivity contribution in [2.75, 3.05) is 6.61 Å². The average Bonchev–Trinajstić information content (AvgIpc) is 2.47. The Morgan fingerprint density at radius 3 is 2.95 bits per heavy atom. The molecule has 0 aliphatic heterocycles. The average molecular weight is 303 g/mol. The van der Waals surface area contributed by atoms with E-state index in [-0.39, 0.29) is 12.2 Å². The van der Waals surface area contributed by atoms with Gasteiger partial charge in [0.15, 0.2) is 0 Å². The molecule has 0 radical (unpaired) electrons. The minimum Gasteiger partial charge on any atom is -0.462 e. The largest absolute Gasteiger partial charge is 0.462 e. The third-order valence-electron chi connectivity index (χ3n) is 3.18. The van der Waals surface area contributed by atoms with Gasteiger partial charge in [-0.2, -0.15) is 0 Å². The Kier molecular flexibility index (Phi) is 3.35. The van der Waals surface area contributed by atoms with Gasteiger partial charge in [-0.25, -0.2) is 4.79 Å². The predicted molar refractivity (Wildman–Crippen MR) is 80.8 cm³/mol.